The molecule has 0 radical (unpaired) electrons. The molecule has 0 aliphatic rings. The van der Waals surface area contributed by atoms with E-state index >= 15 is 0 Å². The summed E-state index contributed by atoms with van der Waals surface area (Å²) in [5.74, 6) is 2.23. The molecule has 0 saturated heterocycles. The van der Waals surface area contributed by atoms with Crippen LogP contribution in [-0.2, 0) is 0 Å². The molecule has 1 N–H and O–H groups in total. The summed E-state index contributed by atoms with van der Waals surface area (Å²) >= 11 is 0. The molecule has 1 nitrogen and oxygen atoms in total. The molecule has 1 aromatic rings. The van der Waals surface area contributed by atoms with Gasteiger partial charge < -0.3 is 5.11 Å². The molecule has 74 valence electrons. The lowest BCUT2D eigenvalue weighted by Crippen LogP contribution is -1.97. The molecule has 1 unspecified atom stereocenters. The lowest BCUT2D eigenvalue weighted by Gasteiger charge is -2.09. The first kappa shape index (κ1) is 10.7. The zero-order valence-corrected chi connectivity index (χ0v) is 7.91. The lowest BCUT2D eigenvalue weighted by atomic mass is 10.0. The van der Waals surface area contributed by atoms with Crippen LogP contribution >= 0.6 is 0 Å². The predicted octanol–water partition coefficient (Wildman–Crippen LogP) is 2.66. The van der Waals surface area contributed by atoms with Gasteiger partial charge >= 0.3 is 0 Å². The van der Waals surface area contributed by atoms with Gasteiger partial charge in [0.1, 0.15) is 5.82 Å². The van der Waals surface area contributed by atoms with Gasteiger partial charge in [0.05, 0.1) is 6.10 Å². The zero-order valence-electron chi connectivity index (χ0n) is 7.91. The summed E-state index contributed by atoms with van der Waals surface area (Å²) in [7, 11) is 0. The normalized spacial score (nSPS) is 12.1. The fourth-order valence-electron chi connectivity index (χ4n) is 1.25. The number of terminal acetylenes is 1. The van der Waals surface area contributed by atoms with Gasteiger partial charge in [-0.3, -0.25) is 0 Å². The monoisotopic (exact) mass is 192 g/mol. The van der Waals surface area contributed by atoms with Gasteiger partial charge in [0.15, 0.2) is 0 Å². The fourth-order valence-corrected chi connectivity index (χ4v) is 1.25. The van der Waals surface area contributed by atoms with Crippen molar-refractivity contribution in [2.75, 3.05) is 0 Å². The molecular weight excluding hydrogens is 179 g/mol. The van der Waals surface area contributed by atoms with Crippen LogP contribution < -0.4 is 0 Å². The van der Waals surface area contributed by atoms with Crippen molar-refractivity contribution < 1.29 is 9.50 Å². The standard InChI is InChI=1S/C12H13FO/c1-2-3-4-5-12(14)10-6-8-11(13)9-7-10/h1,6-9,12,14H,3-5H2. The number of aliphatic hydroxyl groups is 1. The van der Waals surface area contributed by atoms with Crippen molar-refractivity contribution in [1.82, 2.24) is 0 Å². The molecule has 0 aromatic heterocycles. The second-order valence-electron chi connectivity index (χ2n) is 3.16. The first-order valence-electron chi connectivity index (χ1n) is 4.61. The van der Waals surface area contributed by atoms with Crippen LogP contribution in [0.25, 0.3) is 0 Å². The third kappa shape index (κ3) is 3.20. The molecule has 0 fully saturated rings. The minimum absolute atomic E-state index is 0.287. The predicted molar refractivity (Wildman–Crippen MR) is 54.0 cm³/mol. The Hall–Kier alpha value is -1.33. The summed E-state index contributed by atoms with van der Waals surface area (Å²) in [6, 6.07) is 5.88. The zero-order chi connectivity index (χ0) is 10.4. The van der Waals surface area contributed by atoms with Crippen molar-refractivity contribution in [3.8, 4) is 12.3 Å². The number of rotatable bonds is 4. The van der Waals surface area contributed by atoms with E-state index in [0.717, 1.165) is 12.0 Å². The van der Waals surface area contributed by atoms with Crippen LogP contribution in [0, 0.1) is 18.2 Å². The summed E-state index contributed by atoms with van der Waals surface area (Å²) in [6.07, 6.45) is 6.63. The Morgan fingerprint density at radius 3 is 2.57 bits per heavy atom. The highest BCUT2D eigenvalue weighted by Gasteiger charge is 2.06. The van der Waals surface area contributed by atoms with Crippen LogP contribution in [0.1, 0.15) is 30.9 Å². The van der Waals surface area contributed by atoms with Gasteiger partial charge in [0.2, 0.25) is 0 Å². The highest BCUT2D eigenvalue weighted by molar-refractivity contribution is 5.18. The molecule has 1 aromatic carbocycles. The quantitative estimate of drug-likeness (QED) is 0.574. The third-order valence-electron chi connectivity index (χ3n) is 2.05. The number of hydrogen-bond donors (Lipinski definition) is 1. The van der Waals surface area contributed by atoms with Crippen molar-refractivity contribution in [3.05, 3.63) is 35.6 Å². The maximum atomic E-state index is 12.5. The summed E-state index contributed by atoms with van der Waals surface area (Å²) < 4.78 is 12.5. The van der Waals surface area contributed by atoms with Crippen molar-refractivity contribution in [1.29, 1.82) is 0 Å². The summed E-state index contributed by atoms with van der Waals surface area (Å²) in [5, 5.41) is 9.65. The number of unbranched alkanes of at least 4 members (excludes halogenated alkanes) is 1. The van der Waals surface area contributed by atoms with Crippen LogP contribution in [0.2, 0.25) is 0 Å². The second-order valence-corrected chi connectivity index (χ2v) is 3.16. The van der Waals surface area contributed by atoms with Crippen molar-refractivity contribution in [2.45, 2.75) is 25.4 Å². The van der Waals surface area contributed by atoms with E-state index < -0.39 is 6.10 Å². The van der Waals surface area contributed by atoms with Crippen LogP contribution in [-0.4, -0.2) is 5.11 Å². The minimum Gasteiger partial charge on any atom is -0.388 e. The van der Waals surface area contributed by atoms with E-state index in [9.17, 15) is 9.50 Å². The molecule has 0 amide bonds. The largest absolute Gasteiger partial charge is 0.388 e. The molecule has 0 heterocycles. The molecule has 0 aliphatic carbocycles. The number of hydrogen-bond acceptors (Lipinski definition) is 1. The Balaban J connectivity index is 2.48. The molecule has 0 aliphatic heterocycles. The van der Waals surface area contributed by atoms with Crippen molar-refractivity contribution in [3.63, 3.8) is 0 Å². The maximum Gasteiger partial charge on any atom is 0.123 e. The highest BCUT2D eigenvalue weighted by Crippen LogP contribution is 2.18. The Bertz CT molecular complexity index is 310. The van der Waals surface area contributed by atoms with Crippen LogP contribution in [0.5, 0.6) is 0 Å². The van der Waals surface area contributed by atoms with Gasteiger partial charge in [-0.05, 0) is 30.5 Å². The van der Waals surface area contributed by atoms with Crippen LogP contribution in [0.15, 0.2) is 24.3 Å². The van der Waals surface area contributed by atoms with Gasteiger partial charge in [0, 0.05) is 6.42 Å². The van der Waals surface area contributed by atoms with E-state index in [2.05, 4.69) is 5.92 Å². The first-order valence-corrected chi connectivity index (χ1v) is 4.61. The molecule has 2 heteroatoms. The Morgan fingerprint density at radius 1 is 1.36 bits per heavy atom. The SMILES string of the molecule is C#CCCCC(O)c1ccc(F)cc1. The number of benzene rings is 1. The molecule has 14 heavy (non-hydrogen) atoms. The minimum atomic E-state index is -0.538. The van der Waals surface area contributed by atoms with Crippen LogP contribution in [0.3, 0.4) is 0 Å². The van der Waals surface area contributed by atoms with Gasteiger partial charge in [0.25, 0.3) is 0 Å². The lowest BCUT2D eigenvalue weighted by molar-refractivity contribution is 0.165. The molecular formula is C12H13FO. The van der Waals surface area contributed by atoms with Gasteiger partial charge in [-0.1, -0.05) is 12.1 Å². The number of halogens is 1. The van der Waals surface area contributed by atoms with Gasteiger partial charge in [-0.2, -0.15) is 0 Å². The third-order valence-corrected chi connectivity index (χ3v) is 2.05. The molecule has 0 bridgehead atoms. The van der Waals surface area contributed by atoms with Crippen molar-refractivity contribution >= 4 is 0 Å². The topological polar surface area (TPSA) is 20.2 Å². The van der Waals surface area contributed by atoms with E-state index in [-0.39, 0.29) is 5.82 Å². The van der Waals surface area contributed by atoms with Crippen molar-refractivity contribution in [2.24, 2.45) is 0 Å². The molecule has 0 saturated carbocycles. The summed E-state index contributed by atoms with van der Waals surface area (Å²) in [5.41, 5.74) is 0.739. The average molecular weight is 192 g/mol. The molecule has 1 rings (SSSR count). The average Bonchev–Trinajstić information content (AvgIpc) is 2.19. The highest BCUT2D eigenvalue weighted by atomic mass is 19.1. The smallest absolute Gasteiger partial charge is 0.123 e. The van der Waals surface area contributed by atoms with E-state index in [1.54, 1.807) is 12.1 Å². The molecule has 0 spiro atoms. The number of aliphatic hydroxyl groups excluding tert-OH is 1. The van der Waals surface area contributed by atoms with Gasteiger partial charge in [-0.25, -0.2) is 4.39 Å². The molecule has 1 atom stereocenters. The Morgan fingerprint density at radius 2 is 2.00 bits per heavy atom. The van der Waals surface area contributed by atoms with E-state index in [0.29, 0.717) is 12.8 Å². The maximum absolute atomic E-state index is 12.5. The fraction of sp³-hybridized carbons (Fsp3) is 0.333. The Kier molecular flexibility index (Phi) is 4.15. The van der Waals surface area contributed by atoms with Crippen LogP contribution in [0.4, 0.5) is 4.39 Å². The Labute approximate surface area is 83.6 Å². The van der Waals surface area contributed by atoms with Gasteiger partial charge in [-0.15, -0.1) is 12.3 Å². The van der Waals surface area contributed by atoms with E-state index in [1.165, 1.54) is 12.1 Å². The van der Waals surface area contributed by atoms with E-state index in [4.69, 9.17) is 6.42 Å². The summed E-state index contributed by atoms with van der Waals surface area (Å²) in [6.45, 7) is 0. The summed E-state index contributed by atoms with van der Waals surface area (Å²) in [4.78, 5) is 0. The van der Waals surface area contributed by atoms with E-state index in [1.807, 2.05) is 0 Å². The second kappa shape index (κ2) is 5.41. The first-order chi connectivity index (χ1) is 6.74.